The third kappa shape index (κ3) is 1.88. The first-order valence-corrected chi connectivity index (χ1v) is 5.96. The second-order valence-electron chi connectivity index (χ2n) is 4.45. The van der Waals surface area contributed by atoms with Crippen LogP contribution >= 0.6 is 0 Å². The predicted molar refractivity (Wildman–Crippen MR) is 65.7 cm³/mol. The summed E-state index contributed by atoms with van der Waals surface area (Å²) in [7, 11) is 0. The Hall–Kier alpha value is -1.90. The van der Waals surface area contributed by atoms with Gasteiger partial charge >= 0.3 is 0 Å². The molecule has 1 saturated carbocycles. The highest BCUT2D eigenvalue weighted by molar-refractivity contribution is 5.63. The zero-order valence-corrected chi connectivity index (χ0v) is 9.50. The number of benzene rings is 1. The fourth-order valence-electron chi connectivity index (χ4n) is 2.10. The number of phenolic OH excluding ortho intramolecular Hbond substituents is 1. The maximum absolute atomic E-state index is 9.78. The van der Waals surface area contributed by atoms with Gasteiger partial charge in [-0.25, -0.2) is 9.97 Å². The molecule has 0 saturated heterocycles. The summed E-state index contributed by atoms with van der Waals surface area (Å²) in [6.07, 6.45) is 5.51. The molecule has 1 aliphatic rings. The molecule has 0 spiro atoms. The SMILES string of the molecule is Oc1ccccc1-c1nccc(C2CCC2)n1. The fraction of sp³-hybridized carbons (Fsp3) is 0.286. The lowest BCUT2D eigenvalue weighted by Crippen LogP contribution is -2.11. The Labute approximate surface area is 100 Å². The monoisotopic (exact) mass is 226 g/mol. The quantitative estimate of drug-likeness (QED) is 0.855. The van der Waals surface area contributed by atoms with Gasteiger partial charge in [0.2, 0.25) is 0 Å². The van der Waals surface area contributed by atoms with Crippen LogP contribution in [0.2, 0.25) is 0 Å². The maximum Gasteiger partial charge on any atom is 0.163 e. The molecule has 2 aromatic rings. The zero-order valence-electron chi connectivity index (χ0n) is 9.50. The minimum atomic E-state index is 0.234. The summed E-state index contributed by atoms with van der Waals surface area (Å²) in [5.41, 5.74) is 1.80. The van der Waals surface area contributed by atoms with Crippen molar-refractivity contribution in [2.75, 3.05) is 0 Å². The smallest absolute Gasteiger partial charge is 0.163 e. The van der Waals surface area contributed by atoms with Crippen molar-refractivity contribution in [3.8, 4) is 17.1 Å². The Morgan fingerprint density at radius 1 is 1.12 bits per heavy atom. The lowest BCUT2D eigenvalue weighted by atomic mass is 9.83. The lowest BCUT2D eigenvalue weighted by molar-refractivity contribution is 0.411. The Morgan fingerprint density at radius 2 is 1.94 bits per heavy atom. The van der Waals surface area contributed by atoms with Gasteiger partial charge in [-0.05, 0) is 31.0 Å². The molecule has 0 bridgehead atoms. The van der Waals surface area contributed by atoms with Crippen molar-refractivity contribution >= 4 is 0 Å². The highest BCUT2D eigenvalue weighted by Crippen LogP contribution is 2.36. The van der Waals surface area contributed by atoms with E-state index in [0.29, 0.717) is 17.3 Å². The number of phenols is 1. The highest BCUT2D eigenvalue weighted by atomic mass is 16.3. The third-order valence-electron chi connectivity index (χ3n) is 3.35. The van der Waals surface area contributed by atoms with Crippen molar-refractivity contribution < 1.29 is 5.11 Å². The average Bonchev–Trinajstić information content (AvgIpc) is 2.28. The van der Waals surface area contributed by atoms with Crippen LogP contribution in [-0.2, 0) is 0 Å². The number of para-hydroxylation sites is 1. The van der Waals surface area contributed by atoms with E-state index in [0.717, 1.165) is 5.69 Å². The summed E-state index contributed by atoms with van der Waals surface area (Å²) in [6.45, 7) is 0. The Bertz CT molecular complexity index is 535. The van der Waals surface area contributed by atoms with Gasteiger partial charge in [0.15, 0.2) is 5.82 Å². The third-order valence-corrected chi connectivity index (χ3v) is 3.35. The van der Waals surface area contributed by atoms with Gasteiger partial charge in [0.25, 0.3) is 0 Å². The largest absolute Gasteiger partial charge is 0.507 e. The Kier molecular flexibility index (Phi) is 2.52. The molecular formula is C14H14N2O. The molecule has 0 aliphatic heterocycles. The summed E-state index contributed by atoms with van der Waals surface area (Å²) >= 11 is 0. The summed E-state index contributed by atoms with van der Waals surface area (Å²) < 4.78 is 0. The van der Waals surface area contributed by atoms with Gasteiger partial charge in [0.1, 0.15) is 5.75 Å². The second-order valence-corrected chi connectivity index (χ2v) is 4.45. The van der Waals surface area contributed by atoms with E-state index in [1.807, 2.05) is 18.2 Å². The average molecular weight is 226 g/mol. The lowest BCUT2D eigenvalue weighted by Gasteiger charge is -2.24. The number of aromatic nitrogens is 2. The van der Waals surface area contributed by atoms with Crippen LogP contribution in [-0.4, -0.2) is 15.1 Å². The van der Waals surface area contributed by atoms with E-state index >= 15 is 0 Å². The fourth-order valence-corrected chi connectivity index (χ4v) is 2.10. The van der Waals surface area contributed by atoms with Gasteiger partial charge < -0.3 is 5.11 Å². The molecule has 3 rings (SSSR count). The van der Waals surface area contributed by atoms with Crippen molar-refractivity contribution in [1.82, 2.24) is 9.97 Å². The van der Waals surface area contributed by atoms with Crippen molar-refractivity contribution in [3.63, 3.8) is 0 Å². The van der Waals surface area contributed by atoms with Crippen LogP contribution in [0.25, 0.3) is 11.4 Å². The number of nitrogens with zero attached hydrogens (tertiary/aromatic N) is 2. The molecule has 1 aromatic carbocycles. The molecule has 0 unspecified atom stereocenters. The number of hydrogen-bond acceptors (Lipinski definition) is 3. The van der Waals surface area contributed by atoms with E-state index in [1.54, 1.807) is 18.3 Å². The second kappa shape index (κ2) is 4.17. The topological polar surface area (TPSA) is 46.0 Å². The van der Waals surface area contributed by atoms with Crippen molar-refractivity contribution in [1.29, 1.82) is 0 Å². The summed E-state index contributed by atoms with van der Waals surface area (Å²) in [4.78, 5) is 8.79. The molecule has 3 heteroatoms. The molecule has 0 atom stereocenters. The van der Waals surface area contributed by atoms with Gasteiger partial charge in [-0.1, -0.05) is 18.6 Å². The van der Waals surface area contributed by atoms with E-state index in [2.05, 4.69) is 9.97 Å². The first-order chi connectivity index (χ1) is 8.34. The highest BCUT2D eigenvalue weighted by Gasteiger charge is 2.21. The van der Waals surface area contributed by atoms with E-state index in [9.17, 15) is 5.11 Å². The van der Waals surface area contributed by atoms with Crippen LogP contribution in [0.1, 0.15) is 30.9 Å². The summed E-state index contributed by atoms with van der Waals surface area (Å²) in [5, 5.41) is 9.78. The van der Waals surface area contributed by atoms with Gasteiger partial charge in [-0.15, -0.1) is 0 Å². The van der Waals surface area contributed by atoms with Gasteiger partial charge in [0.05, 0.1) is 5.56 Å². The van der Waals surface area contributed by atoms with Crippen LogP contribution < -0.4 is 0 Å². The first-order valence-electron chi connectivity index (χ1n) is 5.96. The Balaban J connectivity index is 2.00. The molecule has 86 valence electrons. The van der Waals surface area contributed by atoms with Crippen molar-refractivity contribution in [2.24, 2.45) is 0 Å². The zero-order chi connectivity index (χ0) is 11.7. The van der Waals surface area contributed by atoms with E-state index in [1.165, 1.54) is 19.3 Å². The molecule has 1 aliphatic carbocycles. The molecule has 1 fully saturated rings. The van der Waals surface area contributed by atoms with Crippen molar-refractivity contribution in [2.45, 2.75) is 25.2 Å². The maximum atomic E-state index is 9.78. The first kappa shape index (κ1) is 10.3. The van der Waals surface area contributed by atoms with E-state index < -0.39 is 0 Å². The van der Waals surface area contributed by atoms with Crippen LogP contribution in [0.15, 0.2) is 36.5 Å². The van der Waals surface area contributed by atoms with Gasteiger partial charge in [0, 0.05) is 17.8 Å². The molecule has 1 N–H and O–H groups in total. The standard InChI is InChI=1S/C14H14N2O/c17-13-7-2-1-6-11(13)14-15-9-8-12(16-14)10-4-3-5-10/h1-2,6-10,17H,3-5H2. The minimum Gasteiger partial charge on any atom is -0.507 e. The van der Waals surface area contributed by atoms with E-state index in [4.69, 9.17) is 0 Å². The van der Waals surface area contributed by atoms with Crippen molar-refractivity contribution in [3.05, 3.63) is 42.2 Å². The number of rotatable bonds is 2. The van der Waals surface area contributed by atoms with Crippen LogP contribution in [0.3, 0.4) is 0 Å². The number of hydrogen-bond donors (Lipinski definition) is 1. The minimum absolute atomic E-state index is 0.234. The predicted octanol–water partition coefficient (Wildman–Crippen LogP) is 3.12. The molecule has 0 amide bonds. The van der Waals surface area contributed by atoms with Crippen LogP contribution in [0, 0.1) is 0 Å². The molecule has 0 radical (unpaired) electrons. The normalized spacial score (nSPS) is 15.5. The molecule has 1 aromatic heterocycles. The van der Waals surface area contributed by atoms with Crippen LogP contribution in [0.4, 0.5) is 0 Å². The molecule has 17 heavy (non-hydrogen) atoms. The summed E-state index contributed by atoms with van der Waals surface area (Å²) in [6, 6.07) is 9.17. The van der Waals surface area contributed by atoms with Gasteiger partial charge in [-0.3, -0.25) is 0 Å². The summed E-state index contributed by atoms with van der Waals surface area (Å²) in [5.74, 6) is 1.44. The van der Waals surface area contributed by atoms with Gasteiger partial charge in [-0.2, -0.15) is 0 Å². The molecule has 1 heterocycles. The Morgan fingerprint density at radius 3 is 2.65 bits per heavy atom. The van der Waals surface area contributed by atoms with Crippen LogP contribution in [0.5, 0.6) is 5.75 Å². The van der Waals surface area contributed by atoms with E-state index in [-0.39, 0.29) is 5.75 Å². The molecular weight excluding hydrogens is 212 g/mol. The molecule has 3 nitrogen and oxygen atoms in total. The number of aromatic hydroxyl groups is 1.